The van der Waals surface area contributed by atoms with Crippen molar-refractivity contribution in [2.45, 2.75) is 13.2 Å². The number of ether oxygens (including phenoxy) is 3. The summed E-state index contributed by atoms with van der Waals surface area (Å²) < 4.78 is 15.8. The molecule has 0 unspecified atom stereocenters. The lowest BCUT2D eigenvalue weighted by molar-refractivity contribution is 0.103. The fraction of sp³-hybridized carbons (Fsp3) is 0.250. The second kappa shape index (κ2) is 9.01. The minimum Gasteiger partial charge on any atom is -0.496 e. The van der Waals surface area contributed by atoms with Crippen molar-refractivity contribution in [1.82, 2.24) is 0 Å². The Morgan fingerprint density at radius 2 is 1.71 bits per heavy atom. The zero-order valence-electron chi connectivity index (χ0n) is 14.2. The van der Waals surface area contributed by atoms with Crippen LogP contribution in [0.15, 0.2) is 48.5 Å². The van der Waals surface area contributed by atoms with E-state index < -0.39 is 0 Å². The van der Waals surface area contributed by atoms with Crippen LogP contribution in [0.3, 0.4) is 0 Å². The third kappa shape index (κ3) is 4.54. The summed E-state index contributed by atoms with van der Waals surface area (Å²) in [5.74, 6) is 0.408. The Labute approximate surface area is 142 Å². The molecule has 4 nitrogen and oxygen atoms in total. The second-order valence-electron chi connectivity index (χ2n) is 5.31. The predicted octanol–water partition coefficient (Wildman–Crippen LogP) is 3.88. The molecule has 2 aromatic rings. The number of carbonyl (C=O) groups excluding carboxylic acids is 1. The first kappa shape index (κ1) is 17.9. The summed E-state index contributed by atoms with van der Waals surface area (Å²) in [4.78, 5) is 12.7. The van der Waals surface area contributed by atoms with Gasteiger partial charge in [-0.15, -0.1) is 0 Å². The average molecular weight is 326 g/mol. The molecule has 0 bridgehead atoms. The number of carbonyl (C=O) groups is 1. The molecule has 0 saturated carbocycles. The van der Waals surface area contributed by atoms with Crippen LogP contribution in [0.25, 0.3) is 6.08 Å². The van der Waals surface area contributed by atoms with E-state index in [1.165, 1.54) is 0 Å². The van der Waals surface area contributed by atoms with Gasteiger partial charge in [0, 0.05) is 14.2 Å². The average Bonchev–Trinajstić information content (AvgIpc) is 2.60. The van der Waals surface area contributed by atoms with Gasteiger partial charge in [-0.3, -0.25) is 4.79 Å². The van der Waals surface area contributed by atoms with Crippen LogP contribution in [0.2, 0.25) is 0 Å². The van der Waals surface area contributed by atoms with Gasteiger partial charge in [-0.1, -0.05) is 42.5 Å². The summed E-state index contributed by atoms with van der Waals surface area (Å²) in [7, 11) is 4.79. The van der Waals surface area contributed by atoms with E-state index in [2.05, 4.69) is 0 Å². The molecule has 0 atom stereocenters. The molecule has 2 aromatic carbocycles. The number of hydrogen-bond donors (Lipinski definition) is 0. The first-order valence-corrected chi connectivity index (χ1v) is 7.64. The third-order valence-electron chi connectivity index (χ3n) is 3.55. The number of hydrogen-bond acceptors (Lipinski definition) is 4. The Morgan fingerprint density at radius 3 is 2.33 bits per heavy atom. The molecule has 0 heterocycles. The number of rotatable bonds is 8. The highest BCUT2D eigenvalue weighted by Crippen LogP contribution is 2.27. The van der Waals surface area contributed by atoms with Gasteiger partial charge < -0.3 is 14.2 Å². The molecule has 24 heavy (non-hydrogen) atoms. The largest absolute Gasteiger partial charge is 0.496 e. The standard InChI is InChI=1S/C20H22O4/c1-22-13-16-11-17(14-23-2)20(19(12-16)24-3)18(21)10-9-15-7-5-4-6-8-15/h4-12H,13-14H2,1-3H3. The molecular weight excluding hydrogens is 304 g/mol. The SMILES string of the molecule is COCc1cc(COC)c(C(=O)C=Cc2ccccc2)c(OC)c1. The Balaban J connectivity index is 2.39. The van der Waals surface area contributed by atoms with Crippen LogP contribution in [0, 0.1) is 0 Å². The van der Waals surface area contributed by atoms with E-state index in [1.54, 1.807) is 33.5 Å². The molecule has 2 rings (SSSR count). The van der Waals surface area contributed by atoms with Crippen molar-refractivity contribution in [3.63, 3.8) is 0 Å². The van der Waals surface area contributed by atoms with Gasteiger partial charge in [-0.05, 0) is 28.8 Å². The lowest BCUT2D eigenvalue weighted by atomic mass is 9.99. The molecular formula is C20H22O4. The molecule has 0 aromatic heterocycles. The van der Waals surface area contributed by atoms with E-state index in [9.17, 15) is 4.79 Å². The molecule has 0 aliphatic rings. The zero-order chi connectivity index (χ0) is 17.4. The molecule has 0 aliphatic heterocycles. The van der Waals surface area contributed by atoms with Crippen molar-refractivity contribution in [3.05, 3.63) is 70.8 Å². The minimum atomic E-state index is -0.119. The number of ketones is 1. The molecule has 0 radical (unpaired) electrons. The Morgan fingerprint density at radius 1 is 1.00 bits per heavy atom. The molecule has 0 aliphatic carbocycles. The highest BCUT2D eigenvalue weighted by molar-refractivity contribution is 6.09. The Hall–Kier alpha value is -2.43. The highest BCUT2D eigenvalue weighted by Gasteiger charge is 2.17. The van der Waals surface area contributed by atoms with Gasteiger partial charge in [0.2, 0.25) is 0 Å². The van der Waals surface area contributed by atoms with E-state index in [-0.39, 0.29) is 5.78 Å². The fourth-order valence-electron chi connectivity index (χ4n) is 2.52. The number of allylic oxidation sites excluding steroid dienone is 1. The fourth-order valence-corrected chi connectivity index (χ4v) is 2.52. The van der Waals surface area contributed by atoms with E-state index in [1.807, 2.05) is 42.5 Å². The second-order valence-corrected chi connectivity index (χ2v) is 5.31. The summed E-state index contributed by atoms with van der Waals surface area (Å²) in [6.45, 7) is 0.773. The van der Waals surface area contributed by atoms with E-state index >= 15 is 0 Å². The quantitative estimate of drug-likeness (QED) is 0.545. The van der Waals surface area contributed by atoms with Crippen LogP contribution in [0.5, 0.6) is 5.75 Å². The zero-order valence-corrected chi connectivity index (χ0v) is 14.2. The molecule has 0 amide bonds. The van der Waals surface area contributed by atoms with Crippen molar-refractivity contribution in [2.75, 3.05) is 21.3 Å². The van der Waals surface area contributed by atoms with Gasteiger partial charge in [0.1, 0.15) is 5.75 Å². The topological polar surface area (TPSA) is 44.8 Å². The molecule has 0 saturated heterocycles. The highest BCUT2D eigenvalue weighted by atomic mass is 16.5. The lowest BCUT2D eigenvalue weighted by Gasteiger charge is -2.14. The third-order valence-corrected chi connectivity index (χ3v) is 3.55. The monoisotopic (exact) mass is 326 g/mol. The van der Waals surface area contributed by atoms with Crippen molar-refractivity contribution in [3.8, 4) is 5.75 Å². The maximum atomic E-state index is 12.7. The number of methoxy groups -OCH3 is 3. The molecule has 4 heteroatoms. The van der Waals surface area contributed by atoms with E-state index in [0.717, 1.165) is 16.7 Å². The van der Waals surface area contributed by atoms with Crippen LogP contribution in [-0.2, 0) is 22.7 Å². The predicted molar refractivity (Wildman–Crippen MR) is 94.2 cm³/mol. The van der Waals surface area contributed by atoms with Crippen LogP contribution < -0.4 is 4.74 Å². The normalized spacial score (nSPS) is 11.0. The summed E-state index contributed by atoms with van der Waals surface area (Å²) in [5, 5.41) is 0. The number of benzene rings is 2. The van der Waals surface area contributed by atoms with Crippen molar-refractivity contribution in [2.24, 2.45) is 0 Å². The first-order chi connectivity index (χ1) is 11.7. The smallest absolute Gasteiger partial charge is 0.189 e. The van der Waals surface area contributed by atoms with Crippen LogP contribution >= 0.6 is 0 Å². The van der Waals surface area contributed by atoms with Crippen LogP contribution in [-0.4, -0.2) is 27.1 Å². The molecule has 0 fully saturated rings. The van der Waals surface area contributed by atoms with Gasteiger partial charge >= 0.3 is 0 Å². The van der Waals surface area contributed by atoms with Gasteiger partial charge in [-0.25, -0.2) is 0 Å². The van der Waals surface area contributed by atoms with E-state index in [4.69, 9.17) is 14.2 Å². The van der Waals surface area contributed by atoms with Crippen LogP contribution in [0.1, 0.15) is 27.0 Å². The van der Waals surface area contributed by atoms with Crippen LogP contribution in [0.4, 0.5) is 0 Å². The van der Waals surface area contributed by atoms with Crippen molar-refractivity contribution < 1.29 is 19.0 Å². The van der Waals surface area contributed by atoms with Crippen molar-refractivity contribution in [1.29, 1.82) is 0 Å². The lowest BCUT2D eigenvalue weighted by Crippen LogP contribution is -2.07. The maximum Gasteiger partial charge on any atom is 0.189 e. The first-order valence-electron chi connectivity index (χ1n) is 7.64. The van der Waals surface area contributed by atoms with Gasteiger partial charge in [-0.2, -0.15) is 0 Å². The molecule has 126 valence electrons. The maximum absolute atomic E-state index is 12.7. The summed E-state index contributed by atoms with van der Waals surface area (Å²) >= 11 is 0. The summed E-state index contributed by atoms with van der Waals surface area (Å²) in [5.41, 5.74) is 3.21. The van der Waals surface area contributed by atoms with Gasteiger partial charge in [0.25, 0.3) is 0 Å². The van der Waals surface area contributed by atoms with E-state index in [0.29, 0.717) is 24.5 Å². The molecule has 0 spiro atoms. The van der Waals surface area contributed by atoms with Crippen molar-refractivity contribution >= 4 is 11.9 Å². The minimum absolute atomic E-state index is 0.119. The summed E-state index contributed by atoms with van der Waals surface area (Å²) in [6.07, 6.45) is 3.35. The summed E-state index contributed by atoms with van der Waals surface area (Å²) in [6, 6.07) is 13.4. The Bertz CT molecular complexity index is 705. The Kier molecular flexibility index (Phi) is 6.73. The van der Waals surface area contributed by atoms with Gasteiger partial charge in [0.15, 0.2) is 5.78 Å². The van der Waals surface area contributed by atoms with Gasteiger partial charge in [0.05, 0.1) is 25.9 Å². The molecule has 0 N–H and O–H groups in total.